The van der Waals surface area contributed by atoms with Crippen molar-refractivity contribution in [2.75, 3.05) is 6.54 Å². The van der Waals surface area contributed by atoms with Gasteiger partial charge in [0.2, 0.25) is 11.8 Å². The number of halogens is 1. The summed E-state index contributed by atoms with van der Waals surface area (Å²) in [4.78, 5) is 24.6. The summed E-state index contributed by atoms with van der Waals surface area (Å²) in [7, 11) is 0. The topological polar surface area (TPSA) is 111 Å². The highest BCUT2D eigenvalue weighted by atomic mass is 32.1. The number of nitrogens with two attached hydrogens (primary N) is 1. The van der Waals surface area contributed by atoms with E-state index < -0.39 is 0 Å². The lowest BCUT2D eigenvalue weighted by molar-refractivity contribution is 0.0735. The minimum Gasteiger partial charge on any atom is -0.419 e. The predicted octanol–water partition coefficient (Wildman–Crippen LogP) is 6.76. The summed E-state index contributed by atoms with van der Waals surface area (Å²) in [5.74, 6) is 0.479. The van der Waals surface area contributed by atoms with E-state index in [-0.39, 0.29) is 23.8 Å². The summed E-state index contributed by atoms with van der Waals surface area (Å²) in [6.45, 7) is 6.39. The van der Waals surface area contributed by atoms with E-state index in [1.165, 1.54) is 23.5 Å². The molecule has 2 N–H and O–H groups in total. The molecular formula is C29H29FN6O2S2. The molecule has 0 radical (unpaired) electrons. The molecule has 0 unspecified atom stereocenters. The summed E-state index contributed by atoms with van der Waals surface area (Å²) in [5, 5.41) is 13.9. The summed E-state index contributed by atoms with van der Waals surface area (Å²) in [6, 6.07) is 11.6. The van der Waals surface area contributed by atoms with Gasteiger partial charge in [0.1, 0.15) is 15.8 Å². The Labute approximate surface area is 239 Å². The smallest absolute Gasteiger partial charge is 0.254 e. The number of thiazole rings is 2. The fraction of sp³-hybridized carbons (Fsp3) is 0.276. The van der Waals surface area contributed by atoms with Crippen LogP contribution in [0.15, 0.2) is 63.8 Å². The lowest BCUT2D eigenvalue weighted by Gasteiger charge is -2.23. The molecule has 0 saturated carbocycles. The first kappa shape index (κ1) is 27.8. The molecule has 2 aromatic carbocycles. The van der Waals surface area contributed by atoms with E-state index in [0.29, 0.717) is 29.5 Å². The van der Waals surface area contributed by atoms with Crippen LogP contribution < -0.4 is 5.73 Å². The summed E-state index contributed by atoms with van der Waals surface area (Å²) < 4.78 is 17.8. The zero-order valence-corrected chi connectivity index (χ0v) is 24.0. The third-order valence-electron chi connectivity index (χ3n) is 6.38. The van der Waals surface area contributed by atoms with Crippen LogP contribution in [0.2, 0.25) is 0 Å². The van der Waals surface area contributed by atoms with Gasteiger partial charge in [0.15, 0.2) is 0 Å². The lowest BCUT2D eigenvalue weighted by Crippen LogP contribution is -2.30. The standard InChI is InChI=1S/C22H22N6O2S2.C7H7F/c1-12-11-32-21(25-12)17-4-3-6-28(17)22(29)16-9-14(19-27-26-18(30-19)13(2)23)8-15(10-16)20-24-5-7-31-20;1-6-2-4-7(8)5-3-6/h5,7-11,13,17H,3-4,6,23H2,1-2H3;2-5H,1H3/t13-,17+;/m0./s1. The number of aryl methyl sites for hydroxylation is 2. The summed E-state index contributed by atoms with van der Waals surface area (Å²) >= 11 is 3.12. The van der Waals surface area contributed by atoms with Crippen LogP contribution in [0.1, 0.15) is 64.4 Å². The zero-order chi connectivity index (χ0) is 28.2. The van der Waals surface area contributed by atoms with Gasteiger partial charge in [-0.25, -0.2) is 14.4 Å². The Bertz CT molecular complexity index is 1560. The Morgan fingerprint density at radius 2 is 1.90 bits per heavy atom. The van der Waals surface area contributed by atoms with Crippen molar-refractivity contribution in [3.8, 4) is 22.0 Å². The first-order valence-electron chi connectivity index (χ1n) is 12.9. The number of rotatable bonds is 5. The van der Waals surface area contributed by atoms with Crippen molar-refractivity contribution in [3.05, 3.63) is 93.0 Å². The predicted molar refractivity (Wildman–Crippen MR) is 154 cm³/mol. The fourth-order valence-electron chi connectivity index (χ4n) is 4.39. The average Bonchev–Trinajstić information content (AvgIpc) is 3.77. The number of carbonyl (C=O) groups is 1. The van der Waals surface area contributed by atoms with Crippen LogP contribution in [0.4, 0.5) is 4.39 Å². The molecule has 6 rings (SSSR count). The highest BCUT2D eigenvalue weighted by Gasteiger charge is 2.33. The van der Waals surface area contributed by atoms with E-state index >= 15 is 0 Å². The normalized spacial score (nSPS) is 15.5. The van der Waals surface area contributed by atoms with Crippen molar-refractivity contribution in [1.82, 2.24) is 25.1 Å². The molecular weight excluding hydrogens is 547 g/mol. The average molecular weight is 577 g/mol. The highest BCUT2D eigenvalue weighted by Crippen LogP contribution is 2.36. The molecule has 5 aromatic rings. The largest absolute Gasteiger partial charge is 0.419 e. The quantitative estimate of drug-likeness (QED) is 0.246. The van der Waals surface area contributed by atoms with Crippen molar-refractivity contribution >= 4 is 28.6 Å². The van der Waals surface area contributed by atoms with E-state index in [2.05, 4.69) is 20.2 Å². The molecule has 1 saturated heterocycles. The second kappa shape index (κ2) is 12.2. The fourth-order valence-corrected chi connectivity index (χ4v) is 5.96. The van der Waals surface area contributed by atoms with Crippen molar-refractivity contribution < 1.29 is 13.6 Å². The van der Waals surface area contributed by atoms with Crippen LogP contribution in [-0.4, -0.2) is 37.5 Å². The molecule has 3 aromatic heterocycles. The monoisotopic (exact) mass is 576 g/mol. The Kier molecular flexibility index (Phi) is 8.43. The summed E-state index contributed by atoms with van der Waals surface area (Å²) in [6.07, 6.45) is 3.62. The molecule has 11 heteroatoms. The van der Waals surface area contributed by atoms with E-state index in [0.717, 1.165) is 39.7 Å². The second-order valence-electron chi connectivity index (χ2n) is 9.65. The maximum atomic E-state index is 13.7. The van der Waals surface area contributed by atoms with Gasteiger partial charge in [-0.1, -0.05) is 17.7 Å². The zero-order valence-electron chi connectivity index (χ0n) is 22.4. The first-order chi connectivity index (χ1) is 19.3. The van der Waals surface area contributed by atoms with Gasteiger partial charge < -0.3 is 15.1 Å². The lowest BCUT2D eigenvalue weighted by atomic mass is 10.0. The van der Waals surface area contributed by atoms with Gasteiger partial charge in [-0.05, 0) is 63.9 Å². The van der Waals surface area contributed by atoms with Gasteiger partial charge in [0.25, 0.3) is 5.91 Å². The number of nitrogens with zero attached hydrogens (tertiary/aromatic N) is 5. The molecule has 40 heavy (non-hydrogen) atoms. The minimum absolute atomic E-state index is 0.00117. The molecule has 1 amide bonds. The van der Waals surface area contributed by atoms with Crippen LogP contribution >= 0.6 is 22.7 Å². The van der Waals surface area contributed by atoms with Gasteiger partial charge in [0, 0.05) is 45.9 Å². The number of amides is 1. The van der Waals surface area contributed by atoms with Crippen molar-refractivity contribution in [3.63, 3.8) is 0 Å². The van der Waals surface area contributed by atoms with Crippen LogP contribution in [0.5, 0.6) is 0 Å². The van der Waals surface area contributed by atoms with Crippen LogP contribution in [0, 0.1) is 19.7 Å². The van der Waals surface area contributed by atoms with Crippen LogP contribution in [0.25, 0.3) is 22.0 Å². The van der Waals surface area contributed by atoms with E-state index in [9.17, 15) is 9.18 Å². The molecule has 0 bridgehead atoms. The van der Waals surface area contributed by atoms with Gasteiger partial charge in [-0.3, -0.25) is 4.79 Å². The van der Waals surface area contributed by atoms with E-state index in [1.54, 1.807) is 42.7 Å². The first-order valence-corrected chi connectivity index (χ1v) is 14.6. The number of hydrogen-bond donors (Lipinski definition) is 1. The highest BCUT2D eigenvalue weighted by molar-refractivity contribution is 7.13. The number of carbonyl (C=O) groups excluding carboxylic acids is 1. The molecule has 206 valence electrons. The second-order valence-corrected chi connectivity index (χ2v) is 11.4. The molecule has 2 atom stereocenters. The van der Waals surface area contributed by atoms with Crippen LogP contribution in [-0.2, 0) is 0 Å². The van der Waals surface area contributed by atoms with Gasteiger partial charge >= 0.3 is 0 Å². The molecule has 1 aliphatic rings. The summed E-state index contributed by atoms with van der Waals surface area (Å²) in [5.41, 5.74) is 10.0. The Morgan fingerprint density at radius 3 is 2.52 bits per heavy atom. The van der Waals surface area contributed by atoms with Gasteiger partial charge in [-0.15, -0.1) is 32.9 Å². The number of benzene rings is 2. The number of aromatic nitrogens is 4. The molecule has 1 fully saturated rings. The molecule has 8 nitrogen and oxygen atoms in total. The van der Waals surface area contributed by atoms with Crippen molar-refractivity contribution in [1.29, 1.82) is 0 Å². The van der Waals surface area contributed by atoms with Crippen molar-refractivity contribution in [2.24, 2.45) is 5.73 Å². The molecule has 0 aliphatic carbocycles. The molecule has 0 spiro atoms. The Balaban J connectivity index is 0.000000348. The van der Waals surface area contributed by atoms with Crippen LogP contribution in [0.3, 0.4) is 0 Å². The third-order valence-corrected chi connectivity index (χ3v) is 8.27. The molecule has 1 aliphatic heterocycles. The maximum Gasteiger partial charge on any atom is 0.254 e. The number of hydrogen-bond acceptors (Lipinski definition) is 9. The van der Waals surface area contributed by atoms with E-state index in [4.69, 9.17) is 10.2 Å². The van der Waals surface area contributed by atoms with Crippen molar-refractivity contribution in [2.45, 2.75) is 45.7 Å². The van der Waals surface area contributed by atoms with E-state index in [1.807, 2.05) is 41.6 Å². The minimum atomic E-state index is -0.369. The van der Waals surface area contributed by atoms with Gasteiger partial charge in [-0.2, -0.15) is 0 Å². The Morgan fingerprint density at radius 1 is 1.12 bits per heavy atom. The SMILES string of the molecule is Cc1ccc(F)cc1.Cc1csc([C@H]2CCCN2C(=O)c2cc(-c3nnc([C@H](C)N)o3)cc(-c3nccs3)c2)n1. The Hall–Kier alpha value is -3.80. The molecule has 4 heterocycles. The van der Waals surface area contributed by atoms with Gasteiger partial charge in [0.05, 0.1) is 12.1 Å². The third kappa shape index (κ3) is 6.33. The maximum absolute atomic E-state index is 13.7. The number of likely N-dealkylation sites (tertiary alicyclic amines) is 1.